The second-order valence-electron chi connectivity index (χ2n) is 10.8. The van der Waals surface area contributed by atoms with E-state index in [1.807, 2.05) is 0 Å². The first-order valence-electron chi connectivity index (χ1n) is 14.4. The van der Waals surface area contributed by atoms with Crippen molar-refractivity contribution in [3.8, 4) is 11.5 Å². The Balaban J connectivity index is 1.37. The first-order chi connectivity index (χ1) is 20.4. The van der Waals surface area contributed by atoms with Crippen LogP contribution in [0.5, 0.6) is 11.5 Å². The number of nitrogens with zero attached hydrogens (tertiary/aromatic N) is 2. The molecule has 4 heterocycles. The largest absolute Gasteiger partial charge is 0.519 e. The molecule has 2 aromatic rings. The van der Waals surface area contributed by atoms with Crippen LogP contribution in [0.25, 0.3) is 0 Å². The Morgan fingerprint density at radius 2 is 0.929 bits per heavy atom. The molecule has 42 heavy (non-hydrogen) atoms. The molecule has 224 valence electrons. The summed E-state index contributed by atoms with van der Waals surface area (Å²) in [5.74, 6) is 0.172. The van der Waals surface area contributed by atoms with Crippen LogP contribution in [0.3, 0.4) is 0 Å². The maximum Gasteiger partial charge on any atom is 0.519 e. The average Bonchev–Trinajstić information content (AvgIpc) is 3.81. The highest BCUT2D eigenvalue weighted by Crippen LogP contribution is 2.48. The Kier molecular flexibility index (Phi) is 8.34. The predicted octanol–water partition coefficient (Wildman–Crippen LogP) is 6.49. The van der Waals surface area contributed by atoms with Crippen LogP contribution in [0.1, 0.15) is 98.0 Å². The van der Waals surface area contributed by atoms with Gasteiger partial charge in [-0.25, -0.2) is 4.79 Å². The normalized spacial score (nSPS) is 25.5. The third-order valence-electron chi connectivity index (χ3n) is 8.23. The molecule has 0 radical (unpaired) electrons. The van der Waals surface area contributed by atoms with Gasteiger partial charge in [0.2, 0.25) is 0 Å². The van der Waals surface area contributed by atoms with E-state index in [1.165, 1.54) is 24.3 Å². The first-order valence-corrected chi connectivity index (χ1v) is 14.4. The fraction of sp³-hybridized carbons (Fsp3) is 0.552. The Hall–Kier alpha value is -3.65. The lowest BCUT2D eigenvalue weighted by Gasteiger charge is -2.23. The fourth-order valence-corrected chi connectivity index (χ4v) is 6.47. The number of benzene rings is 2. The van der Waals surface area contributed by atoms with Crippen LogP contribution >= 0.6 is 0 Å². The van der Waals surface area contributed by atoms with E-state index in [1.54, 1.807) is 0 Å². The lowest BCUT2D eigenvalue weighted by molar-refractivity contribution is -0.386. The molecule has 0 spiro atoms. The molecule has 0 aromatic heterocycles. The van der Waals surface area contributed by atoms with Crippen LogP contribution in [0, 0.1) is 20.2 Å². The Morgan fingerprint density at radius 3 is 1.21 bits per heavy atom. The molecule has 0 amide bonds. The van der Waals surface area contributed by atoms with Crippen molar-refractivity contribution in [2.45, 2.75) is 75.8 Å². The van der Waals surface area contributed by atoms with E-state index in [4.69, 9.17) is 28.4 Å². The first kappa shape index (κ1) is 28.5. The molecular weight excluding hydrogens is 552 g/mol. The maximum atomic E-state index is 13.4. The molecule has 2 aromatic carbocycles. The van der Waals surface area contributed by atoms with Crippen molar-refractivity contribution >= 4 is 17.5 Å². The quantitative estimate of drug-likeness (QED) is 0.144. The zero-order chi connectivity index (χ0) is 29.2. The molecule has 13 heteroatoms. The monoisotopic (exact) mass is 584 g/mol. The number of hydrogen-bond acceptors (Lipinski definition) is 11. The Labute approximate surface area is 241 Å². The molecule has 4 aliphatic heterocycles. The summed E-state index contributed by atoms with van der Waals surface area (Å²) in [6.45, 7) is 1.89. The summed E-state index contributed by atoms with van der Waals surface area (Å²) in [5.41, 5.74) is 1.29. The van der Waals surface area contributed by atoms with Crippen molar-refractivity contribution < 1.29 is 43.1 Å². The highest BCUT2D eigenvalue weighted by Gasteiger charge is 2.38. The summed E-state index contributed by atoms with van der Waals surface area (Å²) in [6.07, 6.45) is 2.21. The van der Waals surface area contributed by atoms with Gasteiger partial charge in [0, 0.05) is 49.7 Å². The van der Waals surface area contributed by atoms with Gasteiger partial charge < -0.3 is 28.4 Å². The van der Waals surface area contributed by atoms with Crippen molar-refractivity contribution in [1.82, 2.24) is 0 Å². The summed E-state index contributed by atoms with van der Waals surface area (Å²) in [5, 5.41) is 24.0. The van der Waals surface area contributed by atoms with Gasteiger partial charge in [-0.3, -0.25) is 20.2 Å². The van der Waals surface area contributed by atoms with Crippen LogP contribution in [0.4, 0.5) is 16.2 Å². The molecule has 0 aliphatic carbocycles. The van der Waals surface area contributed by atoms with E-state index in [-0.39, 0.29) is 22.9 Å². The van der Waals surface area contributed by atoms with Gasteiger partial charge in [0.05, 0.1) is 45.4 Å². The van der Waals surface area contributed by atoms with Gasteiger partial charge in [-0.2, -0.15) is 0 Å². The molecule has 0 bridgehead atoms. The average molecular weight is 585 g/mol. The topological polar surface area (TPSA) is 159 Å². The van der Waals surface area contributed by atoms with Crippen LogP contribution < -0.4 is 9.47 Å². The molecule has 4 atom stereocenters. The number of carbonyl (C=O) groups excluding carboxylic acids is 1. The lowest BCUT2D eigenvalue weighted by atomic mass is 9.92. The SMILES string of the molecule is O=C(Oc1ccc([N+](=O)[O-])c([C@H]2CCCO2)c1[C@H]1CCCO1)Oc1ccc([N+](=O)[O-])c([C@H]2CCCO2)c1[C@H]1CCCO1. The van der Waals surface area contributed by atoms with Gasteiger partial charge in [-0.1, -0.05) is 0 Å². The van der Waals surface area contributed by atoms with Crippen molar-refractivity contribution in [1.29, 1.82) is 0 Å². The van der Waals surface area contributed by atoms with Crippen LogP contribution in [-0.2, 0) is 18.9 Å². The molecule has 0 saturated carbocycles. The summed E-state index contributed by atoms with van der Waals surface area (Å²) in [6, 6.07) is 5.36. The number of carbonyl (C=O) groups is 1. The van der Waals surface area contributed by atoms with E-state index in [9.17, 15) is 25.0 Å². The number of nitro groups is 2. The smallest absolute Gasteiger partial charge is 0.394 e. The molecule has 0 N–H and O–H groups in total. The zero-order valence-corrected chi connectivity index (χ0v) is 23.0. The van der Waals surface area contributed by atoms with Gasteiger partial charge in [0.1, 0.15) is 11.5 Å². The molecule has 4 aliphatic rings. The van der Waals surface area contributed by atoms with Crippen molar-refractivity contribution in [2.24, 2.45) is 0 Å². The molecular formula is C29H32N2O11. The number of hydrogen-bond donors (Lipinski definition) is 0. The zero-order valence-electron chi connectivity index (χ0n) is 23.0. The van der Waals surface area contributed by atoms with Gasteiger partial charge in [0.15, 0.2) is 0 Å². The van der Waals surface area contributed by atoms with E-state index in [2.05, 4.69) is 0 Å². The van der Waals surface area contributed by atoms with Crippen LogP contribution in [0.2, 0.25) is 0 Å². The van der Waals surface area contributed by atoms with Gasteiger partial charge >= 0.3 is 6.16 Å². The Bertz CT molecular complexity index is 1250. The minimum Gasteiger partial charge on any atom is -0.394 e. The second-order valence-corrected chi connectivity index (χ2v) is 10.8. The molecule has 13 nitrogen and oxygen atoms in total. The summed E-state index contributed by atoms with van der Waals surface area (Å²) in [4.78, 5) is 36.4. The lowest BCUT2D eigenvalue weighted by Crippen LogP contribution is -2.20. The third-order valence-corrected chi connectivity index (χ3v) is 8.23. The summed E-state index contributed by atoms with van der Waals surface area (Å²) >= 11 is 0. The second kappa shape index (κ2) is 12.3. The van der Waals surface area contributed by atoms with Crippen molar-refractivity contribution in [2.75, 3.05) is 26.4 Å². The molecule has 4 fully saturated rings. The van der Waals surface area contributed by atoms with E-state index in [0.29, 0.717) is 74.4 Å². The highest BCUT2D eigenvalue weighted by molar-refractivity contribution is 5.71. The summed E-state index contributed by atoms with van der Waals surface area (Å²) < 4.78 is 35.0. The van der Waals surface area contributed by atoms with E-state index in [0.717, 1.165) is 25.7 Å². The minimum atomic E-state index is -1.09. The van der Waals surface area contributed by atoms with Crippen molar-refractivity contribution in [3.63, 3.8) is 0 Å². The predicted molar refractivity (Wildman–Crippen MR) is 145 cm³/mol. The number of rotatable bonds is 8. The minimum absolute atomic E-state index is 0.0860. The number of ether oxygens (including phenoxy) is 6. The van der Waals surface area contributed by atoms with Crippen LogP contribution in [0.15, 0.2) is 24.3 Å². The van der Waals surface area contributed by atoms with Crippen molar-refractivity contribution in [3.05, 3.63) is 66.7 Å². The molecule has 4 saturated heterocycles. The Morgan fingerprint density at radius 1 is 0.595 bits per heavy atom. The van der Waals surface area contributed by atoms with E-state index >= 15 is 0 Å². The standard InChI is InChI=1S/C29H32N2O11/c32-29(41-23-11-9-17(30(33)34)25(19-5-1-13-37-19)27(23)21-7-3-15-39-21)42-24-12-10-18(31(35)36)26(20-6-2-14-38-20)28(24)22-8-4-16-40-22/h9-12,19-22H,1-8,13-16H2/t19-,20-,21-,22-/m1/s1. The highest BCUT2D eigenvalue weighted by atomic mass is 16.7. The van der Waals surface area contributed by atoms with Gasteiger partial charge in [0.25, 0.3) is 11.4 Å². The fourth-order valence-electron chi connectivity index (χ4n) is 6.47. The van der Waals surface area contributed by atoms with Gasteiger partial charge in [-0.15, -0.1) is 0 Å². The molecule has 0 unspecified atom stereocenters. The van der Waals surface area contributed by atoms with Gasteiger partial charge in [-0.05, 0) is 63.5 Å². The summed E-state index contributed by atoms with van der Waals surface area (Å²) in [7, 11) is 0. The number of nitro benzene ring substituents is 2. The van der Waals surface area contributed by atoms with Crippen LogP contribution in [-0.4, -0.2) is 42.4 Å². The maximum absolute atomic E-state index is 13.4. The molecule has 6 rings (SSSR count). The van der Waals surface area contributed by atoms with E-state index < -0.39 is 40.4 Å². The third kappa shape index (κ3) is 5.56.